The number of hydrogen-bond acceptors (Lipinski definition) is 32. The molecule has 1 saturated heterocycles. The molecule has 37 nitrogen and oxygen atoms in total. The Hall–Kier alpha value is -5.24. The maximum atomic E-state index is 13.4. The Kier molecular flexibility index (Phi) is 30.5. The Morgan fingerprint density at radius 1 is 0.918 bits per heavy atom. The Bertz CT molecular complexity index is 4190. The fraction of sp³-hybridized carbons (Fsp3) is 0.462. The number of nitrogens with one attached hydrogen (secondary N) is 4. The van der Waals surface area contributed by atoms with Crippen LogP contribution in [0.1, 0.15) is 72.0 Å². The van der Waals surface area contributed by atoms with Gasteiger partial charge in [-0.25, -0.2) is 15.1 Å². The van der Waals surface area contributed by atoms with Crippen LogP contribution in [-0.2, 0) is 96.4 Å². The van der Waals surface area contributed by atoms with E-state index in [2.05, 4.69) is 55.4 Å². The molecular formula is C52H71N8O29P3S6. The number of amides is 2. The number of phosphoric ester groups is 1. The number of aromatic carboxylic acids is 1. The van der Waals surface area contributed by atoms with Crippen molar-refractivity contribution in [3.63, 3.8) is 0 Å². The molecule has 46 heteroatoms. The first kappa shape index (κ1) is 81.7. The van der Waals surface area contributed by atoms with E-state index in [-0.39, 0.29) is 102 Å². The summed E-state index contributed by atoms with van der Waals surface area (Å²) < 4.78 is 147. The van der Waals surface area contributed by atoms with Crippen LogP contribution in [0.5, 0.6) is 0 Å². The summed E-state index contributed by atoms with van der Waals surface area (Å²) in [4.78, 5) is 105. The van der Waals surface area contributed by atoms with Crippen molar-refractivity contribution in [2.24, 2.45) is 0 Å². The van der Waals surface area contributed by atoms with Crippen LogP contribution in [0.15, 0.2) is 67.7 Å². The third kappa shape index (κ3) is 25.4. The summed E-state index contributed by atoms with van der Waals surface area (Å²) >= 11 is 5.17. The molecule has 1 aromatic heterocycles. The molecule has 2 amide bonds. The Balaban J connectivity index is 0.810. The number of unbranched alkanes of at least 4 members (excludes halogenated alkanes) is 1. The zero-order valence-electron chi connectivity index (χ0n) is 51.9. The van der Waals surface area contributed by atoms with Crippen molar-refractivity contribution >= 4 is 127 Å². The van der Waals surface area contributed by atoms with Crippen molar-refractivity contribution in [2.75, 3.05) is 102 Å². The van der Waals surface area contributed by atoms with E-state index in [4.69, 9.17) is 84.9 Å². The average Bonchev–Trinajstić information content (AvgIpc) is 0.863. The molecule has 1 aliphatic carbocycles. The summed E-state index contributed by atoms with van der Waals surface area (Å²) in [6.07, 6.45) is 0.577. The molecule has 2 aliphatic heterocycles. The van der Waals surface area contributed by atoms with Crippen LogP contribution in [0.2, 0.25) is 0 Å². The van der Waals surface area contributed by atoms with Crippen LogP contribution in [0.25, 0.3) is 33.4 Å². The third-order valence-corrected chi connectivity index (χ3v) is 22.8. The number of benzene rings is 3. The van der Waals surface area contributed by atoms with E-state index in [1.807, 2.05) is 0 Å². The number of carbonyl (C=O) groups excluding carboxylic acids is 2. The van der Waals surface area contributed by atoms with Gasteiger partial charge < -0.3 is 55.4 Å². The van der Waals surface area contributed by atoms with Crippen molar-refractivity contribution in [3.8, 4) is 34.3 Å². The summed E-state index contributed by atoms with van der Waals surface area (Å²) in [6.45, 7) is 5.07. The first-order valence-corrected chi connectivity index (χ1v) is 41.1. The van der Waals surface area contributed by atoms with E-state index in [0.717, 1.165) is 28.8 Å². The summed E-state index contributed by atoms with van der Waals surface area (Å²) in [5, 5.41) is 22.6. The third-order valence-electron chi connectivity index (χ3n) is 13.1. The zero-order valence-corrected chi connectivity index (χ0v) is 59.6. The molecule has 544 valence electrons. The normalized spacial score (nSPS) is 17.0. The predicted molar refractivity (Wildman–Crippen MR) is 358 cm³/mol. The Labute approximate surface area is 574 Å². The molecule has 0 radical (unpaired) electrons. The second-order valence-corrected chi connectivity index (χ2v) is 34.5. The quantitative estimate of drug-likeness (QED) is 0.00309. The van der Waals surface area contributed by atoms with Gasteiger partial charge in [0.2, 0.25) is 0 Å². The number of rotatable bonds is 39. The number of nitrogens with zero attached hydrogens (tertiary/aromatic N) is 2. The number of hydrogen-bond donors (Lipinski definition) is 14. The number of anilines is 2. The molecule has 6 atom stereocenters. The molecule has 3 aromatic rings. The number of ether oxygens (including phenoxy) is 6. The number of carbonyl (C=O) groups is 3. The number of nitrogen functional groups attached to an aromatic ring is 2. The van der Waals surface area contributed by atoms with Crippen molar-refractivity contribution < 1.29 is 130 Å². The van der Waals surface area contributed by atoms with Crippen molar-refractivity contribution in [2.45, 2.75) is 72.5 Å². The van der Waals surface area contributed by atoms with Gasteiger partial charge in [-0.15, -0.1) is 0 Å². The molecule has 98 heavy (non-hydrogen) atoms. The number of carboxylic acid groups (broad SMARTS) is 1. The van der Waals surface area contributed by atoms with Gasteiger partial charge in [-0.3, -0.25) is 19.3 Å². The molecule has 4 unspecified atom stereocenters. The van der Waals surface area contributed by atoms with Gasteiger partial charge in [-0.1, -0.05) is 33.4 Å². The van der Waals surface area contributed by atoms with Gasteiger partial charge in [-0.05, 0) is 81.1 Å². The van der Waals surface area contributed by atoms with Crippen molar-refractivity contribution in [1.82, 2.24) is 25.7 Å². The molecule has 0 bridgehead atoms. The molecule has 3 aliphatic rings. The first-order chi connectivity index (χ1) is 45.9. The van der Waals surface area contributed by atoms with Crippen LogP contribution < -0.4 is 38.6 Å². The molecule has 16 N–H and O–H groups in total. The number of aromatic nitrogens is 2. The fourth-order valence-electron chi connectivity index (χ4n) is 8.84. The van der Waals surface area contributed by atoms with E-state index in [1.165, 1.54) is 35.2 Å². The molecule has 0 spiro atoms. The Morgan fingerprint density at radius 3 is 2.29 bits per heavy atom. The zero-order chi connectivity index (χ0) is 72.4. The molecule has 2 aromatic carbocycles. The average molecular weight is 1560 g/mol. The van der Waals surface area contributed by atoms with Gasteiger partial charge in [0.05, 0.1) is 62.8 Å². The molecule has 6 rings (SSSR count). The summed E-state index contributed by atoms with van der Waals surface area (Å²) in [6, 6.07) is 7.91. The fourth-order valence-corrected chi connectivity index (χ4v) is 16.4. The van der Waals surface area contributed by atoms with E-state index in [0.29, 0.717) is 45.0 Å². The molecule has 1 fully saturated rings. The number of hydroxylamine groups is 1. The van der Waals surface area contributed by atoms with Crippen molar-refractivity contribution in [1.29, 1.82) is 5.41 Å². The topological polar surface area (TPSA) is 568 Å². The number of phosphoric acid groups is 2. The standard InChI is InChI=1S/C52H71N8O29P3S6/c1-52(2,95-94-29-81-18-4-5-19-82-51(65)57-15-6-7-32-27-60(50(64)59-47(32)55)41-26-39(83-30-96(3)93)40(86-41)28-85-91(69,70)89-92(71,72)88-90(66,67)68)14-20-84-58-17-22-80-24-23-79-21-16-56-48(61)31-8-9-33(49(62)63)36(25-31)42-34-10-12-37(53)45(97(73,74)75)43(34)87-44-35(42)11-13-38(54)46(44)98(76,77)78/h8-13,25,27,39-41,53,58,66-68,90H,4-5,14-24,26,28-30,54H2,1-3H3,(H,56,61)(H,57,65)(H,62,63)(H,69,70)(H,71,72)(H2,55,59,64)(H,73,74,75)(H,76,77,78)/t39-,40+,41?,96?/m0/s1. The molecular weight excluding hydrogens is 1490 g/mol. The minimum atomic E-state index is -5.73. The van der Waals surface area contributed by atoms with E-state index in [9.17, 15) is 69.1 Å². The summed E-state index contributed by atoms with van der Waals surface area (Å²) in [5.74, 6) is 2.58. The van der Waals surface area contributed by atoms with Gasteiger partial charge in [0, 0.05) is 46.5 Å². The van der Waals surface area contributed by atoms with Crippen LogP contribution in [0.4, 0.5) is 16.3 Å². The van der Waals surface area contributed by atoms with Crippen LogP contribution in [0.3, 0.4) is 0 Å². The number of fused-ring (bicyclic) bond motifs is 2. The molecule has 0 saturated carbocycles. The van der Waals surface area contributed by atoms with Gasteiger partial charge in [-0.2, -0.15) is 16.8 Å². The van der Waals surface area contributed by atoms with Gasteiger partial charge >= 0.3 is 188 Å². The summed E-state index contributed by atoms with van der Waals surface area (Å²) in [7, 11) is -24.9. The van der Waals surface area contributed by atoms with Crippen molar-refractivity contribution in [3.05, 3.63) is 81.2 Å². The van der Waals surface area contributed by atoms with E-state index < -0.39 is 140 Å². The number of alkyl carbamates (subject to hydrolysis) is 1. The number of nitrogens with two attached hydrogens (primary N) is 2. The van der Waals surface area contributed by atoms with E-state index >= 15 is 0 Å². The van der Waals surface area contributed by atoms with E-state index in [1.54, 1.807) is 17.0 Å². The van der Waals surface area contributed by atoms with Gasteiger partial charge in [0.15, 0.2) is 21.1 Å². The predicted octanol–water partition coefficient (Wildman–Crippen LogP) is 2.94. The summed E-state index contributed by atoms with van der Waals surface area (Å²) in [5.41, 5.74) is 11.4. The van der Waals surface area contributed by atoms with Crippen LogP contribution >= 0.6 is 45.4 Å². The minimum absolute atomic E-state index is 0.00284. The maximum absolute atomic E-state index is 13.4. The number of carboxylic acids is 1. The Morgan fingerprint density at radius 2 is 1.61 bits per heavy atom. The first-order valence-electron chi connectivity index (χ1n) is 28.5. The van der Waals surface area contributed by atoms with Crippen LogP contribution in [0, 0.1) is 17.3 Å². The van der Waals surface area contributed by atoms with Gasteiger partial charge in [0.25, 0.3) is 26.1 Å². The molecule has 3 heterocycles. The SMILES string of the molecule is CS(=S)CO[C@H]1CC(n2cc(C#CCNC(=O)OCCCCOCSSC(C)(C)CCONCCOCCOCCNC(=O)c3ccc(C(=O)O)c(-c4c5ccc(=N)c(S(=O)(=O)O)c-5oc5c(S(=O)(=O)O)c(N)ccc45)c3)c(N)nc2=O)O[C@@H]1COP(=O)(O)OP(=O)(O)O[PH](O)(O)O. The van der Waals surface area contributed by atoms with Crippen LogP contribution in [-0.4, -0.2) is 191 Å². The second kappa shape index (κ2) is 36.6. The second-order valence-electron chi connectivity index (χ2n) is 21.1. The van der Waals surface area contributed by atoms with Gasteiger partial charge in [0.1, 0.15) is 11.8 Å². The monoisotopic (exact) mass is 1560 g/mol.